The van der Waals surface area contributed by atoms with Gasteiger partial charge in [-0.25, -0.2) is 9.78 Å². The molecule has 0 unspecified atom stereocenters. The summed E-state index contributed by atoms with van der Waals surface area (Å²) in [5.74, 6) is 0.233. The lowest BCUT2D eigenvalue weighted by Gasteiger charge is -2.31. The monoisotopic (exact) mass is 438 g/mol. The number of aromatic nitrogens is 2. The fourth-order valence-electron chi connectivity index (χ4n) is 3.30. The van der Waals surface area contributed by atoms with Gasteiger partial charge in [-0.05, 0) is 64.3 Å². The van der Waals surface area contributed by atoms with Crippen molar-refractivity contribution in [3.05, 3.63) is 58.6 Å². The fourth-order valence-corrected chi connectivity index (χ4v) is 3.30. The van der Waals surface area contributed by atoms with E-state index in [0.717, 1.165) is 16.8 Å². The van der Waals surface area contributed by atoms with Gasteiger partial charge >= 0.3 is 6.09 Å². The minimum Gasteiger partial charge on any atom is -0.473 e. The van der Waals surface area contributed by atoms with Crippen molar-refractivity contribution in [3.63, 3.8) is 0 Å². The van der Waals surface area contributed by atoms with Gasteiger partial charge in [-0.15, -0.1) is 0 Å². The molecule has 2 aromatic rings. The summed E-state index contributed by atoms with van der Waals surface area (Å²) in [5.41, 5.74) is 9.93. The van der Waals surface area contributed by atoms with Crippen molar-refractivity contribution in [1.82, 2.24) is 14.9 Å². The first-order valence-electron chi connectivity index (χ1n) is 10.5. The highest BCUT2D eigenvalue weighted by Crippen LogP contribution is 2.24. The third kappa shape index (κ3) is 5.84. The summed E-state index contributed by atoms with van der Waals surface area (Å²) < 4.78 is 11.3. The van der Waals surface area contributed by atoms with Crippen LogP contribution in [0.4, 0.5) is 4.79 Å². The zero-order valence-corrected chi connectivity index (χ0v) is 19.3. The molecule has 3 heterocycles. The van der Waals surface area contributed by atoms with Gasteiger partial charge in [-0.1, -0.05) is 0 Å². The van der Waals surface area contributed by atoms with Gasteiger partial charge in [0.2, 0.25) is 5.88 Å². The van der Waals surface area contributed by atoms with Crippen LogP contribution in [-0.2, 0) is 22.5 Å². The number of carbonyl (C=O) groups excluding carboxylic acids is 2. The van der Waals surface area contributed by atoms with Crippen LogP contribution < -0.4 is 10.5 Å². The normalized spacial score (nSPS) is 14.3. The molecule has 0 saturated carbocycles. The second-order valence-electron chi connectivity index (χ2n) is 8.87. The van der Waals surface area contributed by atoms with E-state index in [1.54, 1.807) is 17.3 Å². The molecule has 1 aliphatic heterocycles. The molecule has 0 saturated heterocycles. The van der Waals surface area contributed by atoms with E-state index in [0.29, 0.717) is 42.2 Å². The summed E-state index contributed by atoms with van der Waals surface area (Å²) in [7, 11) is 0. The second kappa shape index (κ2) is 9.38. The molecule has 0 bridgehead atoms. The van der Waals surface area contributed by atoms with Gasteiger partial charge in [0.05, 0.1) is 17.8 Å². The van der Waals surface area contributed by atoms with Gasteiger partial charge in [0, 0.05) is 36.3 Å². The minimum absolute atomic E-state index is 0.00482. The number of pyridine rings is 2. The Balaban J connectivity index is 1.70. The molecule has 8 heteroatoms. The summed E-state index contributed by atoms with van der Waals surface area (Å²) in [6.07, 6.45) is 3.67. The number of ketones is 1. The molecule has 0 spiro atoms. The molecule has 3 rings (SSSR count). The lowest BCUT2D eigenvalue weighted by molar-refractivity contribution is -0.113. The molecule has 0 aliphatic carbocycles. The number of aryl methyl sites for hydroxylation is 1. The maximum atomic E-state index is 12.3. The molecule has 0 radical (unpaired) electrons. The van der Waals surface area contributed by atoms with Crippen LogP contribution in [0.2, 0.25) is 0 Å². The molecule has 32 heavy (non-hydrogen) atoms. The Labute approximate surface area is 188 Å². The SMILES string of the molecule is CC(=O)/C(COc1cc2c(cn1)CN(C(=O)OC(C)(C)C)CC2)=C(\N)c1ccc(C)nc1. The van der Waals surface area contributed by atoms with Gasteiger partial charge in [0.25, 0.3) is 0 Å². The van der Waals surface area contributed by atoms with Gasteiger partial charge in [0.1, 0.15) is 12.2 Å². The van der Waals surface area contributed by atoms with E-state index in [1.807, 2.05) is 45.9 Å². The maximum absolute atomic E-state index is 12.3. The van der Waals surface area contributed by atoms with E-state index in [9.17, 15) is 9.59 Å². The van der Waals surface area contributed by atoms with Crippen molar-refractivity contribution >= 4 is 17.6 Å². The molecule has 0 atom stereocenters. The van der Waals surface area contributed by atoms with E-state index in [4.69, 9.17) is 15.2 Å². The molecule has 8 nitrogen and oxygen atoms in total. The fraction of sp³-hybridized carbons (Fsp3) is 0.417. The van der Waals surface area contributed by atoms with Crippen LogP contribution in [-0.4, -0.2) is 45.5 Å². The predicted molar refractivity (Wildman–Crippen MR) is 121 cm³/mol. The first-order valence-corrected chi connectivity index (χ1v) is 10.5. The molecule has 1 aliphatic rings. The number of amides is 1. The molecular weight excluding hydrogens is 408 g/mol. The summed E-state index contributed by atoms with van der Waals surface area (Å²) in [4.78, 5) is 34.8. The van der Waals surface area contributed by atoms with Crippen LogP contribution in [0, 0.1) is 6.92 Å². The minimum atomic E-state index is -0.536. The Kier molecular flexibility index (Phi) is 6.81. The molecule has 1 amide bonds. The summed E-state index contributed by atoms with van der Waals surface area (Å²) in [6.45, 7) is 9.87. The second-order valence-corrected chi connectivity index (χ2v) is 8.87. The lowest BCUT2D eigenvalue weighted by Crippen LogP contribution is -2.39. The van der Waals surface area contributed by atoms with Crippen molar-refractivity contribution < 1.29 is 19.1 Å². The summed E-state index contributed by atoms with van der Waals surface area (Å²) in [6, 6.07) is 5.52. The smallest absolute Gasteiger partial charge is 0.410 e. The number of carbonyl (C=O) groups is 2. The predicted octanol–water partition coefficient (Wildman–Crippen LogP) is 3.42. The largest absolute Gasteiger partial charge is 0.473 e. The number of hydrogen-bond acceptors (Lipinski definition) is 7. The molecule has 2 aromatic heterocycles. The third-order valence-corrected chi connectivity index (χ3v) is 5.06. The summed E-state index contributed by atoms with van der Waals surface area (Å²) in [5, 5.41) is 0. The van der Waals surface area contributed by atoms with Crippen molar-refractivity contribution in [1.29, 1.82) is 0 Å². The maximum Gasteiger partial charge on any atom is 0.410 e. The van der Waals surface area contributed by atoms with Gasteiger partial charge in [0.15, 0.2) is 5.78 Å². The van der Waals surface area contributed by atoms with Crippen LogP contribution in [0.25, 0.3) is 5.70 Å². The quantitative estimate of drug-likeness (QED) is 0.713. The number of nitrogens with two attached hydrogens (primary N) is 1. The van der Waals surface area contributed by atoms with Crippen LogP contribution >= 0.6 is 0 Å². The van der Waals surface area contributed by atoms with Crippen molar-refractivity contribution in [3.8, 4) is 5.88 Å². The van der Waals surface area contributed by atoms with Gasteiger partial charge in [-0.2, -0.15) is 0 Å². The van der Waals surface area contributed by atoms with E-state index >= 15 is 0 Å². The Morgan fingerprint density at radius 1 is 1.16 bits per heavy atom. The molecule has 0 aromatic carbocycles. The molecule has 2 N–H and O–H groups in total. The van der Waals surface area contributed by atoms with E-state index in [-0.39, 0.29) is 18.5 Å². The zero-order valence-electron chi connectivity index (χ0n) is 19.3. The van der Waals surface area contributed by atoms with E-state index < -0.39 is 5.60 Å². The van der Waals surface area contributed by atoms with Crippen LogP contribution in [0.15, 0.2) is 36.2 Å². The Bertz CT molecular complexity index is 1040. The van der Waals surface area contributed by atoms with Gasteiger partial charge in [-0.3, -0.25) is 9.78 Å². The van der Waals surface area contributed by atoms with Crippen molar-refractivity contribution in [2.24, 2.45) is 5.73 Å². The Morgan fingerprint density at radius 3 is 2.53 bits per heavy atom. The highest BCUT2D eigenvalue weighted by Gasteiger charge is 2.26. The van der Waals surface area contributed by atoms with Crippen LogP contribution in [0.3, 0.4) is 0 Å². The average molecular weight is 439 g/mol. The van der Waals surface area contributed by atoms with Crippen LogP contribution in [0.5, 0.6) is 5.88 Å². The zero-order chi connectivity index (χ0) is 23.5. The number of fused-ring (bicyclic) bond motifs is 1. The first kappa shape index (κ1) is 23.2. The standard InChI is InChI=1S/C24H30N4O4/c1-15-6-7-18(11-26-15)22(25)20(16(2)29)14-31-21-10-17-8-9-28(13-19(17)12-27-21)23(30)32-24(3,4)5/h6-7,10-12H,8-9,13-14,25H2,1-5H3/b22-20-. The van der Waals surface area contributed by atoms with E-state index in [1.165, 1.54) is 6.92 Å². The Morgan fingerprint density at radius 2 is 1.91 bits per heavy atom. The van der Waals surface area contributed by atoms with E-state index in [2.05, 4.69) is 9.97 Å². The third-order valence-electron chi connectivity index (χ3n) is 5.06. The number of Topliss-reactive ketones (excluding diaryl/α,β-unsaturated/α-hetero) is 1. The highest BCUT2D eigenvalue weighted by atomic mass is 16.6. The number of ether oxygens (including phenoxy) is 2. The van der Waals surface area contributed by atoms with Gasteiger partial charge < -0.3 is 20.1 Å². The lowest BCUT2D eigenvalue weighted by atomic mass is 10.0. The average Bonchev–Trinajstić information content (AvgIpc) is 2.72. The number of nitrogens with zero attached hydrogens (tertiary/aromatic N) is 3. The summed E-state index contributed by atoms with van der Waals surface area (Å²) >= 11 is 0. The molecule has 170 valence electrons. The number of rotatable bonds is 5. The van der Waals surface area contributed by atoms with Crippen molar-refractivity contribution in [2.75, 3.05) is 13.2 Å². The first-order chi connectivity index (χ1) is 15.0. The molecular formula is C24H30N4O4. The number of hydrogen-bond donors (Lipinski definition) is 1. The topological polar surface area (TPSA) is 108 Å². The van der Waals surface area contributed by atoms with Crippen molar-refractivity contribution in [2.45, 2.75) is 53.2 Å². The molecule has 0 fully saturated rings. The Hall–Kier alpha value is -3.42. The highest BCUT2D eigenvalue weighted by molar-refractivity contribution is 6.00. The van der Waals surface area contributed by atoms with Crippen LogP contribution in [0.1, 0.15) is 50.1 Å².